The Morgan fingerprint density at radius 1 is 1.25 bits per heavy atom. The largest absolute Gasteiger partial charge is 0.507 e. The van der Waals surface area contributed by atoms with Crippen LogP contribution in [0.2, 0.25) is 0 Å². The monoisotopic (exact) mass is 330 g/mol. The fraction of sp³-hybridized carbons (Fsp3) is 0. The molecule has 0 atom stereocenters. The maximum absolute atomic E-state index is 11.2. The van der Waals surface area contributed by atoms with Gasteiger partial charge in [-0.25, -0.2) is 4.79 Å². The van der Waals surface area contributed by atoms with Crippen LogP contribution in [0.15, 0.2) is 23.9 Å². The van der Waals surface area contributed by atoms with Crippen LogP contribution in [0.4, 0.5) is 4.79 Å². The first-order valence-electron chi connectivity index (χ1n) is 4.39. The number of nitrogens with one attached hydrogen (secondary N) is 2. The lowest BCUT2D eigenvalue weighted by Gasteiger charge is -1.99. The Morgan fingerprint density at radius 3 is 2.56 bits per heavy atom. The smallest absolute Gasteiger partial charge is 0.326 e. The van der Waals surface area contributed by atoms with Crippen molar-refractivity contribution in [2.75, 3.05) is 0 Å². The van der Waals surface area contributed by atoms with E-state index < -0.39 is 11.9 Å². The van der Waals surface area contributed by atoms with Crippen LogP contribution in [0.5, 0.6) is 5.75 Å². The normalized spacial score (nSPS) is 17.4. The zero-order valence-electron chi connectivity index (χ0n) is 7.95. The van der Waals surface area contributed by atoms with Gasteiger partial charge in [0, 0.05) is 0 Å². The van der Waals surface area contributed by atoms with Gasteiger partial charge in [0.2, 0.25) is 0 Å². The van der Waals surface area contributed by atoms with Crippen LogP contribution >= 0.6 is 22.6 Å². The lowest BCUT2D eigenvalue weighted by atomic mass is 10.2. The molecule has 2 rings (SSSR count). The highest BCUT2D eigenvalue weighted by Gasteiger charge is 2.22. The summed E-state index contributed by atoms with van der Waals surface area (Å²) >= 11 is 1.98. The summed E-state index contributed by atoms with van der Waals surface area (Å²) in [7, 11) is 0. The topological polar surface area (TPSA) is 78.4 Å². The third-order valence-corrected chi connectivity index (χ3v) is 2.87. The molecule has 1 aliphatic heterocycles. The van der Waals surface area contributed by atoms with Crippen LogP contribution in [0.1, 0.15) is 5.56 Å². The van der Waals surface area contributed by atoms with Crippen molar-refractivity contribution in [2.45, 2.75) is 0 Å². The van der Waals surface area contributed by atoms with Crippen molar-refractivity contribution in [1.29, 1.82) is 0 Å². The number of rotatable bonds is 1. The summed E-state index contributed by atoms with van der Waals surface area (Å²) < 4.78 is 0.677. The van der Waals surface area contributed by atoms with Gasteiger partial charge in [-0.1, -0.05) is 6.07 Å². The minimum atomic E-state index is -0.523. The minimum absolute atomic E-state index is 0.183. The van der Waals surface area contributed by atoms with Gasteiger partial charge in [-0.15, -0.1) is 0 Å². The maximum Gasteiger partial charge on any atom is 0.326 e. The molecule has 16 heavy (non-hydrogen) atoms. The van der Waals surface area contributed by atoms with E-state index in [4.69, 9.17) is 0 Å². The Morgan fingerprint density at radius 2 is 2.00 bits per heavy atom. The van der Waals surface area contributed by atoms with Crippen LogP contribution < -0.4 is 10.6 Å². The highest BCUT2D eigenvalue weighted by molar-refractivity contribution is 14.1. The Kier molecular flexibility index (Phi) is 2.82. The van der Waals surface area contributed by atoms with E-state index in [1.54, 1.807) is 18.2 Å². The van der Waals surface area contributed by atoms with E-state index >= 15 is 0 Å². The summed E-state index contributed by atoms with van der Waals surface area (Å²) in [6, 6.07) is 4.37. The van der Waals surface area contributed by atoms with Gasteiger partial charge in [0.1, 0.15) is 11.4 Å². The molecule has 6 heteroatoms. The van der Waals surface area contributed by atoms with Gasteiger partial charge in [0.25, 0.3) is 5.91 Å². The molecule has 1 saturated heterocycles. The summed E-state index contributed by atoms with van der Waals surface area (Å²) in [6.07, 6.45) is 1.54. The van der Waals surface area contributed by atoms with Crippen LogP contribution in [-0.2, 0) is 4.79 Å². The van der Waals surface area contributed by atoms with Gasteiger partial charge in [0.05, 0.1) is 3.57 Å². The predicted molar refractivity (Wildman–Crippen MR) is 65.5 cm³/mol. The summed E-state index contributed by atoms with van der Waals surface area (Å²) in [6.45, 7) is 0. The molecule has 0 aromatic heterocycles. The zero-order chi connectivity index (χ0) is 11.7. The third kappa shape index (κ3) is 2.16. The number of carbonyl (C=O) groups is 2. The third-order valence-electron chi connectivity index (χ3n) is 2.00. The van der Waals surface area contributed by atoms with Crippen molar-refractivity contribution in [3.05, 3.63) is 33.0 Å². The molecule has 1 aromatic rings. The Balaban J connectivity index is 2.32. The van der Waals surface area contributed by atoms with Gasteiger partial charge < -0.3 is 10.4 Å². The number of amides is 3. The quantitative estimate of drug-likeness (QED) is 0.411. The molecule has 1 fully saturated rings. The van der Waals surface area contributed by atoms with E-state index in [-0.39, 0.29) is 11.4 Å². The number of imide groups is 1. The van der Waals surface area contributed by atoms with E-state index in [1.807, 2.05) is 22.6 Å². The van der Waals surface area contributed by atoms with Gasteiger partial charge in [-0.3, -0.25) is 10.1 Å². The SMILES string of the molecule is O=C1NC(=O)C(=Cc2ccc(O)c(I)c2)N1. The number of carbonyl (C=O) groups excluding carboxylic acids is 2. The highest BCUT2D eigenvalue weighted by atomic mass is 127. The van der Waals surface area contributed by atoms with Gasteiger partial charge in [-0.2, -0.15) is 0 Å². The van der Waals surface area contributed by atoms with Crippen LogP contribution in [0.25, 0.3) is 6.08 Å². The molecule has 0 unspecified atom stereocenters. The second-order valence-corrected chi connectivity index (χ2v) is 4.34. The molecule has 0 aliphatic carbocycles. The summed E-state index contributed by atoms with van der Waals surface area (Å²) in [4.78, 5) is 22.1. The van der Waals surface area contributed by atoms with E-state index in [0.717, 1.165) is 5.56 Å². The first kappa shape index (κ1) is 10.9. The number of aromatic hydroxyl groups is 1. The molecule has 3 N–H and O–H groups in total. The van der Waals surface area contributed by atoms with Crippen molar-refractivity contribution < 1.29 is 14.7 Å². The molecule has 1 aromatic carbocycles. The van der Waals surface area contributed by atoms with E-state index in [0.29, 0.717) is 3.57 Å². The van der Waals surface area contributed by atoms with Gasteiger partial charge in [0.15, 0.2) is 0 Å². The fourth-order valence-electron chi connectivity index (χ4n) is 1.26. The second-order valence-electron chi connectivity index (χ2n) is 3.18. The molecule has 0 bridgehead atoms. The Hall–Kier alpha value is -1.57. The number of hydrogen-bond acceptors (Lipinski definition) is 3. The number of phenols is 1. The number of halogens is 1. The van der Waals surface area contributed by atoms with Crippen molar-refractivity contribution in [2.24, 2.45) is 0 Å². The summed E-state index contributed by atoms with van der Waals surface area (Å²) in [5.74, 6) is -0.268. The lowest BCUT2D eigenvalue weighted by molar-refractivity contribution is -0.115. The van der Waals surface area contributed by atoms with Crippen LogP contribution in [0.3, 0.4) is 0 Å². The molecule has 82 valence electrons. The van der Waals surface area contributed by atoms with E-state index in [1.165, 1.54) is 6.07 Å². The highest BCUT2D eigenvalue weighted by Crippen LogP contribution is 2.21. The molecular formula is C10H7IN2O3. The summed E-state index contributed by atoms with van der Waals surface area (Å²) in [5, 5.41) is 13.8. The Labute approximate surface area is 105 Å². The number of phenolic OH excluding ortho intramolecular Hbond substituents is 1. The first-order valence-corrected chi connectivity index (χ1v) is 5.46. The molecule has 0 saturated carbocycles. The number of benzene rings is 1. The lowest BCUT2D eigenvalue weighted by Crippen LogP contribution is -2.22. The molecular weight excluding hydrogens is 323 g/mol. The minimum Gasteiger partial charge on any atom is -0.507 e. The van der Waals surface area contributed by atoms with Crippen molar-refractivity contribution in [3.8, 4) is 5.75 Å². The van der Waals surface area contributed by atoms with Crippen molar-refractivity contribution >= 4 is 40.6 Å². The second kappa shape index (κ2) is 4.12. The maximum atomic E-state index is 11.2. The van der Waals surface area contributed by atoms with Crippen molar-refractivity contribution in [3.63, 3.8) is 0 Å². The standard InChI is InChI=1S/C10H7IN2O3/c11-6-3-5(1-2-8(6)14)4-7-9(15)13-10(16)12-7/h1-4,14H,(H2,12,13,15,16). The average Bonchev–Trinajstić information content (AvgIpc) is 2.51. The molecule has 1 heterocycles. The summed E-state index contributed by atoms with van der Waals surface area (Å²) in [5.41, 5.74) is 0.932. The molecule has 3 amide bonds. The zero-order valence-corrected chi connectivity index (χ0v) is 10.1. The molecule has 0 radical (unpaired) electrons. The average molecular weight is 330 g/mol. The van der Waals surface area contributed by atoms with Crippen LogP contribution in [-0.4, -0.2) is 17.0 Å². The molecule has 5 nitrogen and oxygen atoms in total. The predicted octanol–water partition coefficient (Wildman–Crippen LogP) is 1.18. The number of hydrogen-bond donors (Lipinski definition) is 3. The van der Waals surface area contributed by atoms with E-state index in [9.17, 15) is 14.7 Å². The molecule has 1 aliphatic rings. The van der Waals surface area contributed by atoms with Gasteiger partial charge in [-0.05, 0) is 46.4 Å². The first-order chi connectivity index (χ1) is 7.56. The fourth-order valence-corrected chi connectivity index (χ4v) is 1.80. The van der Waals surface area contributed by atoms with Crippen molar-refractivity contribution in [1.82, 2.24) is 10.6 Å². The Bertz CT molecular complexity index is 511. The molecule has 0 spiro atoms. The number of urea groups is 1. The van der Waals surface area contributed by atoms with Gasteiger partial charge >= 0.3 is 6.03 Å². The van der Waals surface area contributed by atoms with Crippen LogP contribution in [0, 0.1) is 3.57 Å². The van der Waals surface area contributed by atoms with E-state index in [2.05, 4.69) is 10.6 Å².